The molecule has 1 aromatic carbocycles. The van der Waals surface area contributed by atoms with Crippen LogP contribution in [-0.2, 0) is 9.53 Å². The fourth-order valence-electron chi connectivity index (χ4n) is 1.58. The van der Waals surface area contributed by atoms with Crippen molar-refractivity contribution in [3.63, 3.8) is 0 Å². The molecule has 0 radical (unpaired) electrons. The highest BCUT2D eigenvalue weighted by molar-refractivity contribution is 6.41. The Bertz CT molecular complexity index is 692. The van der Waals surface area contributed by atoms with Crippen molar-refractivity contribution >= 4 is 40.8 Å². The van der Waals surface area contributed by atoms with Gasteiger partial charge in [0.15, 0.2) is 6.10 Å². The molecular weight excluding hydrogens is 327 g/mol. The molecule has 0 saturated heterocycles. The van der Waals surface area contributed by atoms with Crippen LogP contribution in [0.4, 0.5) is 5.69 Å². The van der Waals surface area contributed by atoms with E-state index in [1.165, 1.54) is 19.2 Å². The summed E-state index contributed by atoms with van der Waals surface area (Å²) >= 11 is 11.5. The maximum atomic E-state index is 11.9. The zero-order chi connectivity index (χ0) is 16.1. The predicted molar refractivity (Wildman–Crippen MR) is 84.2 cm³/mol. The summed E-state index contributed by atoms with van der Waals surface area (Å²) in [5.74, 6) is -1.14. The van der Waals surface area contributed by atoms with Crippen molar-refractivity contribution in [2.24, 2.45) is 0 Å². The molecule has 0 fully saturated rings. The molecule has 2 aromatic rings. The molecule has 0 aliphatic heterocycles. The molecule has 5 nitrogen and oxygen atoms in total. The van der Waals surface area contributed by atoms with Crippen LogP contribution in [-0.4, -0.2) is 23.0 Å². The Morgan fingerprint density at radius 3 is 2.55 bits per heavy atom. The molecule has 0 aliphatic rings. The minimum absolute atomic E-state index is 0.0908. The Morgan fingerprint density at radius 2 is 1.91 bits per heavy atom. The van der Waals surface area contributed by atoms with Crippen LogP contribution in [0.1, 0.15) is 17.3 Å². The van der Waals surface area contributed by atoms with E-state index >= 15 is 0 Å². The van der Waals surface area contributed by atoms with E-state index in [0.717, 1.165) is 0 Å². The highest BCUT2D eigenvalue weighted by atomic mass is 35.5. The molecule has 0 unspecified atom stereocenters. The number of amides is 1. The van der Waals surface area contributed by atoms with E-state index in [4.69, 9.17) is 27.9 Å². The summed E-state index contributed by atoms with van der Waals surface area (Å²) in [7, 11) is 0. The van der Waals surface area contributed by atoms with Crippen LogP contribution in [0.5, 0.6) is 0 Å². The lowest BCUT2D eigenvalue weighted by atomic mass is 10.2. The van der Waals surface area contributed by atoms with E-state index in [1.807, 2.05) is 6.07 Å². The van der Waals surface area contributed by atoms with Gasteiger partial charge < -0.3 is 10.1 Å². The van der Waals surface area contributed by atoms with Gasteiger partial charge in [-0.15, -0.1) is 0 Å². The minimum Gasteiger partial charge on any atom is -0.449 e. The van der Waals surface area contributed by atoms with E-state index in [9.17, 15) is 9.59 Å². The summed E-state index contributed by atoms with van der Waals surface area (Å²) in [6.07, 6.45) is 0.264. The second-order valence-corrected chi connectivity index (χ2v) is 5.16. The van der Waals surface area contributed by atoms with Crippen LogP contribution in [0.15, 0.2) is 42.6 Å². The van der Waals surface area contributed by atoms with Crippen molar-refractivity contribution in [2.45, 2.75) is 13.0 Å². The topological polar surface area (TPSA) is 68.3 Å². The van der Waals surface area contributed by atoms with Gasteiger partial charge in [0.05, 0.1) is 10.6 Å². The number of carbonyl (C=O) groups excluding carboxylic acids is 2. The van der Waals surface area contributed by atoms with Crippen molar-refractivity contribution in [1.82, 2.24) is 4.98 Å². The molecule has 0 bridgehead atoms. The first-order valence-corrected chi connectivity index (χ1v) is 7.11. The second kappa shape index (κ2) is 7.24. The lowest BCUT2D eigenvalue weighted by molar-refractivity contribution is -0.123. The third-order valence-electron chi connectivity index (χ3n) is 2.73. The number of benzene rings is 1. The lowest BCUT2D eigenvalue weighted by Gasteiger charge is -2.13. The number of pyridine rings is 1. The van der Waals surface area contributed by atoms with Crippen molar-refractivity contribution in [3.05, 3.63) is 58.3 Å². The van der Waals surface area contributed by atoms with Crippen LogP contribution in [0.3, 0.4) is 0 Å². The molecule has 1 heterocycles. The monoisotopic (exact) mass is 338 g/mol. The Hall–Kier alpha value is -2.11. The number of esters is 1. The Kier molecular flexibility index (Phi) is 5.35. The summed E-state index contributed by atoms with van der Waals surface area (Å²) < 4.78 is 5.07. The summed E-state index contributed by atoms with van der Waals surface area (Å²) in [6.45, 7) is 1.47. The molecule has 0 saturated carbocycles. The van der Waals surface area contributed by atoms with Crippen LogP contribution in [0.2, 0.25) is 10.2 Å². The standard InChI is InChI=1S/C15H12Cl2N2O3/c1-9(14(20)19-11-5-3-2-4-6-11)22-15(21)10-7-12(16)13(17)18-8-10/h2-9H,1H3,(H,19,20)/t9-/m0/s1. The summed E-state index contributed by atoms with van der Waals surface area (Å²) in [5, 5.41) is 2.87. The van der Waals surface area contributed by atoms with Gasteiger partial charge >= 0.3 is 5.97 Å². The number of anilines is 1. The average molecular weight is 339 g/mol. The summed E-state index contributed by atoms with van der Waals surface area (Å²) in [5.41, 5.74) is 0.736. The van der Waals surface area contributed by atoms with Gasteiger partial charge in [0.2, 0.25) is 0 Å². The number of carbonyl (C=O) groups is 2. The number of para-hydroxylation sites is 1. The highest BCUT2D eigenvalue weighted by Gasteiger charge is 2.19. The molecule has 1 N–H and O–H groups in total. The molecule has 0 spiro atoms. The van der Waals surface area contributed by atoms with Gasteiger partial charge in [0.25, 0.3) is 5.91 Å². The van der Waals surface area contributed by atoms with Crippen molar-refractivity contribution < 1.29 is 14.3 Å². The van der Waals surface area contributed by atoms with E-state index in [-0.39, 0.29) is 15.7 Å². The maximum Gasteiger partial charge on any atom is 0.340 e. The first kappa shape index (κ1) is 16.3. The van der Waals surface area contributed by atoms with Gasteiger partial charge in [0.1, 0.15) is 5.15 Å². The smallest absolute Gasteiger partial charge is 0.340 e. The van der Waals surface area contributed by atoms with Gasteiger partial charge in [-0.25, -0.2) is 9.78 Å². The normalized spacial score (nSPS) is 11.6. The predicted octanol–water partition coefficient (Wildman–Crippen LogP) is 3.57. The second-order valence-electron chi connectivity index (χ2n) is 4.40. The summed E-state index contributed by atoms with van der Waals surface area (Å²) in [6, 6.07) is 10.2. The SMILES string of the molecule is C[C@H](OC(=O)c1cnc(Cl)c(Cl)c1)C(=O)Nc1ccccc1. The van der Waals surface area contributed by atoms with E-state index in [0.29, 0.717) is 5.69 Å². The van der Waals surface area contributed by atoms with Crippen molar-refractivity contribution in [3.8, 4) is 0 Å². The molecule has 0 aliphatic carbocycles. The molecule has 1 amide bonds. The van der Waals surface area contributed by atoms with E-state index in [2.05, 4.69) is 10.3 Å². The quantitative estimate of drug-likeness (QED) is 0.683. The number of ether oxygens (including phenoxy) is 1. The minimum atomic E-state index is -0.970. The van der Waals surface area contributed by atoms with Crippen molar-refractivity contribution in [1.29, 1.82) is 0 Å². The zero-order valence-corrected chi connectivity index (χ0v) is 13.1. The Morgan fingerprint density at radius 1 is 1.23 bits per heavy atom. The number of aromatic nitrogens is 1. The summed E-state index contributed by atoms with van der Waals surface area (Å²) in [4.78, 5) is 27.6. The van der Waals surface area contributed by atoms with E-state index in [1.54, 1.807) is 24.3 Å². The van der Waals surface area contributed by atoms with Gasteiger partial charge in [0, 0.05) is 11.9 Å². The first-order chi connectivity index (χ1) is 10.5. The van der Waals surface area contributed by atoms with E-state index < -0.39 is 18.0 Å². The van der Waals surface area contributed by atoms with Gasteiger partial charge in [-0.2, -0.15) is 0 Å². The Balaban J connectivity index is 1.98. The lowest BCUT2D eigenvalue weighted by Crippen LogP contribution is -2.30. The number of hydrogen-bond acceptors (Lipinski definition) is 4. The maximum absolute atomic E-state index is 11.9. The van der Waals surface area contributed by atoms with Crippen LogP contribution in [0, 0.1) is 0 Å². The third-order valence-corrected chi connectivity index (χ3v) is 3.41. The van der Waals surface area contributed by atoms with Gasteiger partial charge in [-0.1, -0.05) is 41.4 Å². The molecular formula is C15H12Cl2N2O3. The number of nitrogens with one attached hydrogen (secondary N) is 1. The molecule has 1 atom stereocenters. The third kappa shape index (κ3) is 4.19. The molecule has 114 valence electrons. The first-order valence-electron chi connectivity index (χ1n) is 6.35. The van der Waals surface area contributed by atoms with Crippen LogP contribution >= 0.6 is 23.2 Å². The van der Waals surface area contributed by atoms with Gasteiger partial charge in [-0.05, 0) is 25.1 Å². The Labute approximate surface area is 137 Å². The van der Waals surface area contributed by atoms with Crippen LogP contribution < -0.4 is 5.32 Å². The van der Waals surface area contributed by atoms with Crippen LogP contribution in [0.25, 0.3) is 0 Å². The van der Waals surface area contributed by atoms with Gasteiger partial charge in [-0.3, -0.25) is 4.79 Å². The fraction of sp³-hybridized carbons (Fsp3) is 0.133. The molecule has 1 aromatic heterocycles. The highest BCUT2D eigenvalue weighted by Crippen LogP contribution is 2.20. The average Bonchev–Trinajstić information content (AvgIpc) is 2.50. The van der Waals surface area contributed by atoms with Crippen molar-refractivity contribution in [2.75, 3.05) is 5.32 Å². The fourth-order valence-corrected chi connectivity index (χ4v) is 1.85. The number of rotatable bonds is 4. The number of halogens is 2. The molecule has 2 rings (SSSR count). The number of nitrogens with zero attached hydrogens (tertiary/aromatic N) is 1. The largest absolute Gasteiger partial charge is 0.449 e. The number of hydrogen-bond donors (Lipinski definition) is 1. The molecule has 7 heteroatoms. The zero-order valence-electron chi connectivity index (χ0n) is 11.5. The molecule has 22 heavy (non-hydrogen) atoms.